The van der Waals surface area contributed by atoms with Gasteiger partial charge in [-0.2, -0.15) is 13.5 Å². The predicted molar refractivity (Wildman–Crippen MR) is 198 cm³/mol. The molecule has 294 valence electrons. The molecule has 0 spiro atoms. The SMILES string of the molecule is CC(O/N=C(\C(=O)NC(C)C(C)(C)N(C=O)OS(=O)(=O)O)c1csc(N)n1)C1CCc2cc(C(N)=NC3CCN(CCCN)CC3)ccc2O1.O=CO. The summed E-state index contributed by atoms with van der Waals surface area (Å²) in [5.41, 5.74) is 18.2. The number of hydroxylamine groups is 2. The van der Waals surface area contributed by atoms with Crippen molar-refractivity contribution in [2.24, 2.45) is 21.6 Å². The van der Waals surface area contributed by atoms with Crippen molar-refractivity contribution >= 4 is 57.2 Å². The molecule has 3 heterocycles. The Hall–Kier alpha value is -4.41. The molecule has 2 amide bonds. The maximum Gasteiger partial charge on any atom is 0.418 e. The second-order valence-corrected chi connectivity index (χ2v) is 14.9. The van der Waals surface area contributed by atoms with Crippen LogP contribution in [0.1, 0.15) is 70.2 Å². The first-order chi connectivity index (χ1) is 25.0. The number of aromatic nitrogens is 1. The monoisotopic (exact) mass is 783 g/mol. The van der Waals surface area contributed by atoms with Gasteiger partial charge in [-0.25, -0.2) is 4.98 Å². The number of hydrogen-bond donors (Lipinski definition) is 6. The van der Waals surface area contributed by atoms with Crippen LogP contribution in [0.3, 0.4) is 0 Å². The van der Waals surface area contributed by atoms with E-state index in [-0.39, 0.29) is 35.5 Å². The summed E-state index contributed by atoms with van der Waals surface area (Å²) in [5.74, 6) is 0.454. The molecule has 3 unspecified atom stereocenters. The average molecular weight is 784 g/mol. The molecule has 1 aromatic carbocycles. The van der Waals surface area contributed by atoms with Gasteiger partial charge in [0.05, 0.1) is 17.6 Å². The highest BCUT2D eigenvalue weighted by Crippen LogP contribution is 2.31. The van der Waals surface area contributed by atoms with Gasteiger partial charge in [0.25, 0.3) is 12.4 Å². The Morgan fingerprint density at radius 2 is 1.94 bits per heavy atom. The lowest BCUT2D eigenvalue weighted by Gasteiger charge is -2.37. The molecule has 3 atom stereocenters. The van der Waals surface area contributed by atoms with Gasteiger partial charge in [0.2, 0.25) is 6.41 Å². The number of nitrogens with one attached hydrogen (secondary N) is 1. The van der Waals surface area contributed by atoms with Crippen molar-refractivity contribution < 1.29 is 46.3 Å². The van der Waals surface area contributed by atoms with Crippen molar-refractivity contribution in [2.75, 3.05) is 31.9 Å². The number of nitrogen functional groups attached to an aromatic ring is 1. The van der Waals surface area contributed by atoms with Crippen LogP contribution in [0.4, 0.5) is 5.13 Å². The third-order valence-electron chi connectivity index (χ3n) is 8.95. The first kappa shape index (κ1) is 43.0. The normalized spacial score (nSPS) is 18.3. The van der Waals surface area contributed by atoms with Crippen molar-refractivity contribution in [2.45, 2.75) is 89.6 Å². The van der Waals surface area contributed by atoms with Gasteiger partial charge >= 0.3 is 10.4 Å². The van der Waals surface area contributed by atoms with E-state index >= 15 is 0 Å². The molecule has 0 aliphatic carbocycles. The van der Waals surface area contributed by atoms with Crippen molar-refractivity contribution in [3.63, 3.8) is 0 Å². The fourth-order valence-electron chi connectivity index (χ4n) is 5.55. The zero-order valence-electron chi connectivity index (χ0n) is 30.1. The predicted octanol–water partition coefficient (Wildman–Crippen LogP) is 0.924. The van der Waals surface area contributed by atoms with Crippen LogP contribution in [-0.4, -0.2) is 119 Å². The quantitative estimate of drug-likeness (QED) is 0.0454. The zero-order valence-corrected chi connectivity index (χ0v) is 31.7. The second-order valence-electron chi connectivity index (χ2n) is 13.0. The number of nitrogens with two attached hydrogens (primary N) is 3. The molecule has 21 heteroatoms. The number of likely N-dealkylation sites (tertiary alicyclic amines) is 1. The highest BCUT2D eigenvalue weighted by atomic mass is 32.3. The highest BCUT2D eigenvalue weighted by Gasteiger charge is 2.38. The number of carbonyl (C=O) groups is 3. The van der Waals surface area contributed by atoms with Crippen molar-refractivity contribution in [3.8, 4) is 5.75 Å². The Morgan fingerprint density at radius 1 is 1.26 bits per heavy atom. The molecule has 19 nitrogen and oxygen atoms in total. The van der Waals surface area contributed by atoms with E-state index in [0.717, 1.165) is 61.4 Å². The smallest absolute Gasteiger partial charge is 0.418 e. The van der Waals surface area contributed by atoms with E-state index in [0.29, 0.717) is 36.0 Å². The van der Waals surface area contributed by atoms with Crippen molar-refractivity contribution in [1.82, 2.24) is 20.3 Å². The van der Waals surface area contributed by atoms with Gasteiger partial charge in [0, 0.05) is 24.0 Å². The van der Waals surface area contributed by atoms with Gasteiger partial charge in [-0.3, -0.25) is 23.9 Å². The molecule has 0 saturated carbocycles. The third kappa shape index (κ3) is 12.6. The van der Waals surface area contributed by atoms with Gasteiger partial charge in [0.1, 0.15) is 23.4 Å². The fraction of sp³-hybridized carbons (Fsp3) is 0.562. The van der Waals surface area contributed by atoms with Gasteiger partial charge in [-0.1, -0.05) is 5.16 Å². The third-order valence-corrected chi connectivity index (χ3v) is 9.97. The van der Waals surface area contributed by atoms with Gasteiger partial charge in [-0.15, -0.1) is 15.6 Å². The Balaban J connectivity index is 0.00000243. The summed E-state index contributed by atoms with van der Waals surface area (Å²) in [6.07, 6.45) is 3.30. The Kier molecular flexibility index (Phi) is 15.9. The largest absolute Gasteiger partial charge is 0.486 e. The minimum Gasteiger partial charge on any atom is -0.486 e. The van der Waals surface area contributed by atoms with Crippen LogP contribution in [0, 0.1) is 0 Å². The maximum absolute atomic E-state index is 13.5. The number of thiazole rings is 1. The molecular formula is C32H49N9O10S2. The van der Waals surface area contributed by atoms with E-state index in [4.69, 9.17) is 46.2 Å². The maximum atomic E-state index is 13.5. The lowest BCUT2D eigenvalue weighted by atomic mass is 9.95. The number of carbonyl (C=O) groups excluding carboxylic acids is 2. The standard InChI is InChI=1S/C31H47N9O8S2.CH2O2/c1-19(25-8-6-21-16-22(7-9-26(21)46-25)28(33)36-23-10-14-39(15-11-23)13-5-12-32)47-38-27(24-17-49-30(34)37-24)29(42)35-20(2)31(3,4)40(18-41)48-50(43,44)45;2-1-3/h7,9,16-20,23,25H,5-6,8,10-15,32H2,1-4H3,(H2,33,36)(H2,34,37)(H,35,42)(H,43,44,45);1H,(H,2,3)/b38-27-;. The number of ether oxygens (including phenoxy) is 1. The number of anilines is 1. The summed E-state index contributed by atoms with van der Waals surface area (Å²) in [4.78, 5) is 50.6. The van der Waals surface area contributed by atoms with Crippen molar-refractivity contribution in [3.05, 3.63) is 40.4 Å². The second kappa shape index (κ2) is 19.6. The number of aryl methyl sites for hydroxylation is 1. The Bertz CT molecular complexity index is 1710. The molecule has 2 aromatic rings. The minimum atomic E-state index is -5.01. The molecule has 53 heavy (non-hydrogen) atoms. The lowest BCUT2D eigenvalue weighted by Crippen LogP contribution is -2.58. The molecule has 1 aromatic heterocycles. The van der Waals surface area contributed by atoms with Crippen LogP contribution in [0.2, 0.25) is 0 Å². The lowest BCUT2D eigenvalue weighted by molar-refractivity contribution is -0.166. The summed E-state index contributed by atoms with van der Waals surface area (Å²) in [6, 6.07) is 5.03. The van der Waals surface area contributed by atoms with E-state index in [9.17, 15) is 18.0 Å². The Morgan fingerprint density at radius 3 is 2.53 bits per heavy atom. The number of oxime groups is 1. The van der Waals surface area contributed by atoms with Crippen LogP contribution in [0.15, 0.2) is 33.7 Å². The number of aliphatic imine (C=N–C) groups is 1. The Labute approximate surface area is 312 Å². The average Bonchev–Trinajstić information content (AvgIpc) is 3.55. The van der Waals surface area contributed by atoms with Gasteiger partial charge in [0.15, 0.2) is 16.9 Å². The van der Waals surface area contributed by atoms with E-state index in [1.54, 1.807) is 6.92 Å². The number of nitrogens with zero attached hydrogens (tertiary/aromatic N) is 5. The fourth-order valence-corrected chi connectivity index (χ4v) is 6.52. The van der Waals surface area contributed by atoms with Gasteiger partial charge in [-0.05, 0) is 96.7 Å². The molecule has 2 aliphatic rings. The first-order valence-electron chi connectivity index (χ1n) is 16.8. The number of hydrogen-bond acceptors (Lipinski definition) is 15. The van der Waals surface area contributed by atoms with E-state index < -0.39 is 40.1 Å². The zero-order chi connectivity index (χ0) is 39.3. The van der Waals surface area contributed by atoms with Gasteiger partial charge < -0.3 is 42.1 Å². The number of amides is 2. The van der Waals surface area contributed by atoms with E-state index in [1.165, 1.54) is 26.2 Å². The van der Waals surface area contributed by atoms with Crippen LogP contribution in [0.5, 0.6) is 5.75 Å². The molecular weight excluding hydrogens is 735 g/mol. The molecule has 0 bridgehead atoms. The minimum absolute atomic E-state index is 0.0686. The summed E-state index contributed by atoms with van der Waals surface area (Å²) in [5, 5.41) is 15.8. The molecule has 1 fully saturated rings. The number of rotatable bonds is 16. The topological polar surface area (TPSA) is 288 Å². The number of piperidine rings is 1. The first-order valence-corrected chi connectivity index (χ1v) is 19.1. The summed E-state index contributed by atoms with van der Waals surface area (Å²) in [6.45, 7) is 9.56. The molecule has 1 saturated heterocycles. The number of carboxylic acid groups (broad SMARTS) is 1. The highest BCUT2D eigenvalue weighted by molar-refractivity contribution is 7.80. The molecule has 4 rings (SSSR count). The van der Waals surface area contributed by atoms with E-state index in [2.05, 4.69) is 24.6 Å². The number of fused-ring (bicyclic) bond motifs is 1. The summed E-state index contributed by atoms with van der Waals surface area (Å²) >= 11 is 1.09. The number of benzene rings is 1. The van der Waals surface area contributed by atoms with Crippen molar-refractivity contribution in [1.29, 1.82) is 0 Å². The molecule has 0 radical (unpaired) electrons. The summed E-state index contributed by atoms with van der Waals surface area (Å²) < 4.78 is 42.2. The van der Waals surface area contributed by atoms with Crippen LogP contribution >= 0.6 is 11.3 Å². The molecule has 9 N–H and O–H groups in total. The molecule has 2 aliphatic heterocycles. The van der Waals surface area contributed by atoms with E-state index in [1.807, 2.05) is 18.2 Å². The van der Waals surface area contributed by atoms with Crippen LogP contribution in [0.25, 0.3) is 0 Å². The van der Waals surface area contributed by atoms with Crippen LogP contribution < -0.4 is 27.3 Å². The van der Waals surface area contributed by atoms with Crippen LogP contribution in [-0.2, 0) is 40.3 Å². The number of amidine groups is 1. The summed E-state index contributed by atoms with van der Waals surface area (Å²) in [7, 11) is -5.01.